The summed E-state index contributed by atoms with van der Waals surface area (Å²) in [7, 11) is 3.22. The van der Waals surface area contributed by atoms with Crippen molar-refractivity contribution in [1.82, 2.24) is 14.9 Å². The largest absolute Gasteiger partial charge is 0.386 e. The minimum Gasteiger partial charge on any atom is -0.386 e. The molecule has 0 spiro atoms. The van der Waals surface area contributed by atoms with E-state index in [1.807, 2.05) is 12.1 Å². The van der Waals surface area contributed by atoms with Crippen LogP contribution in [0.25, 0.3) is 22.2 Å². The molecule has 1 aromatic heterocycles. The van der Waals surface area contributed by atoms with Crippen molar-refractivity contribution in [2.24, 2.45) is 0 Å². The molecule has 3 aromatic rings. The molecule has 3 rings (SSSR count). The quantitative estimate of drug-likeness (QED) is 0.768. The zero-order valence-corrected chi connectivity index (χ0v) is 14.6. The van der Waals surface area contributed by atoms with Crippen molar-refractivity contribution in [3.8, 4) is 11.1 Å². The van der Waals surface area contributed by atoms with Crippen LogP contribution in [0.3, 0.4) is 0 Å². The summed E-state index contributed by atoms with van der Waals surface area (Å²) in [6.07, 6.45) is 1.58. The van der Waals surface area contributed by atoms with Crippen molar-refractivity contribution in [3.63, 3.8) is 0 Å². The molecule has 0 radical (unpaired) electrons. The van der Waals surface area contributed by atoms with E-state index >= 15 is 0 Å². The highest BCUT2D eigenvalue weighted by Gasteiger charge is 2.27. The monoisotopic (exact) mass is 341 g/mol. The van der Waals surface area contributed by atoms with Crippen LogP contribution >= 0.6 is 0 Å². The summed E-state index contributed by atoms with van der Waals surface area (Å²) in [6.45, 7) is 3.05. The van der Waals surface area contributed by atoms with Gasteiger partial charge < -0.3 is 15.0 Å². The van der Waals surface area contributed by atoms with Crippen molar-refractivity contribution in [2.75, 3.05) is 14.1 Å². The van der Waals surface area contributed by atoms with Gasteiger partial charge in [-0.2, -0.15) is 0 Å². The molecule has 0 bridgehead atoms. The molecule has 0 aliphatic heterocycles. The van der Waals surface area contributed by atoms with Gasteiger partial charge in [0.1, 0.15) is 5.82 Å². The molecule has 0 atom stereocenters. The smallest absolute Gasteiger partial charge is 0.253 e. The summed E-state index contributed by atoms with van der Waals surface area (Å²) >= 11 is 0. The summed E-state index contributed by atoms with van der Waals surface area (Å²) < 4.78 is 14.8. The van der Waals surface area contributed by atoms with Crippen LogP contribution in [-0.4, -0.2) is 40.0 Å². The van der Waals surface area contributed by atoms with E-state index in [1.54, 1.807) is 32.6 Å². The van der Waals surface area contributed by atoms with Gasteiger partial charge in [-0.3, -0.25) is 4.79 Å². The SMILES string of the molecule is CN(C)C(=O)c1cc(F)c(C(C)(C)O)c(-c2ccc3[nH]cnc3c2)c1. The highest BCUT2D eigenvalue weighted by Crippen LogP contribution is 2.36. The molecule has 2 aromatic carbocycles. The average Bonchev–Trinajstić information content (AvgIpc) is 2.99. The number of rotatable bonds is 3. The van der Waals surface area contributed by atoms with E-state index in [-0.39, 0.29) is 17.0 Å². The normalized spacial score (nSPS) is 11.8. The molecule has 2 N–H and O–H groups in total. The lowest BCUT2D eigenvalue weighted by atomic mass is 9.87. The number of carbonyl (C=O) groups excluding carboxylic acids is 1. The van der Waals surface area contributed by atoms with Gasteiger partial charge >= 0.3 is 0 Å². The Balaban J connectivity index is 2.29. The fourth-order valence-corrected chi connectivity index (χ4v) is 2.94. The van der Waals surface area contributed by atoms with Gasteiger partial charge in [-0.1, -0.05) is 6.07 Å². The minimum atomic E-state index is -1.40. The zero-order valence-electron chi connectivity index (χ0n) is 14.6. The second-order valence-electron chi connectivity index (χ2n) is 6.77. The highest BCUT2D eigenvalue weighted by atomic mass is 19.1. The molecule has 0 saturated heterocycles. The van der Waals surface area contributed by atoms with Crippen LogP contribution in [0, 0.1) is 5.82 Å². The number of nitrogens with one attached hydrogen (secondary N) is 1. The van der Waals surface area contributed by atoms with Crippen LogP contribution < -0.4 is 0 Å². The van der Waals surface area contributed by atoms with Crippen molar-refractivity contribution in [3.05, 3.63) is 53.6 Å². The Morgan fingerprint density at radius 2 is 1.96 bits per heavy atom. The maximum atomic E-state index is 14.8. The number of nitrogens with zero attached hydrogens (tertiary/aromatic N) is 2. The number of amides is 1. The molecule has 25 heavy (non-hydrogen) atoms. The Morgan fingerprint density at radius 3 is 2.60 bits per heavy atom. The first-order valence-electron chi connectivity index (χ1n) is 7.90. The van der Waals surface area contributed by atoms with Crippen LogP contribution in [0.5, 0.6) is 0 Å². The van der Waals surface area contributed by atoms with E-state index in [4.69, 9.17) is 0 Å². The number of aromatic nitrogens is 2. The van der Waals surface area contributed by atoms with Crippen molar-refractivity contribution < 1.29 is 14.3 Å². The Kier molecular flexibility index (Phi) is 4.08. The second kappa shape index (κ2) is 5.97. The number of carbonyl (C=O) groups is 1. The second-order valence-corrected chi connectivity index (χ2v) is 6.77. The lowest BCUT2D eigenvalue weighted by Gasteiger charge is -2.24. The first kappa shape index (κ1) is 17.1. The van der Waals surface area contributed by atoms with Crippen LogP contribution in [0.4, 0.5) is 4.39 Å². The molecule has 0 aliphatic rings. The molecule has 0 unspecified atom stereocenters. The van der Waals surface area contributed by atoms with Crippen molar-refractivity contribution in [1.29, 1.82) is 0 Å². The third kappa shape index (κ3) is 3.13. The number of aliphatic hydroxyl groups is 1. The van der Waals surface area contributed by atoms with E-state index < -0.39 is 11.4 Å². The van der Waals surface area contributed by atoms with Gasteiger partial charge in [-0.25, -0.2) is 9.37 Å². The molecular weight excluding hydrogens is 321 g/mol. The predicted octanol–water partition coefficient (Wildman–Crippen LogP) is 3.30. The minimum absolute atomic E-state index is 0.151. The fourth-order valence-electron chi connectivity index (χ4n) is 2.94. The van der Waals surface area contributed by atoms with Crippen LogP contribution in [0.1, 0.15) is 29.8 Å². The number of benzene rings is 2. The van der Waals surface area contributed by atoms with Crippen LogP contribution in [-0.2, 0) is 5.60 Å². The highest BCUT2D eigenvalue weighted by molar-refractivity contribution is 5.96. The van der Waals surface area contributed by atoms with Gasteiger partial charge in [0.15, 0.2) is 0 Å². The average molecular weight is 341 g/mol. The van der Waals surface area contributed by atoms with Gasteiger partial charge in [0.2, 0.25) is 0 Å². The van der Waals surface area contributed by atoms with Crippen LogP contribution in [0.15, 0.2) is 36.7 Å². The molecule has 1 amide bonds. The third-order valence-electron chi connectivity index (χ3n) is 4.09. The van der Waals surface area contributed by atoms with E-state index in [2.05, 4.69) is 9.97 Å². The number of fused-ring (bicyclic) bond motifs is 1. The van der Waals surface area contributed by atoms with E-state index in [0.717, 1.165) is 11.0 Å². The number of halogens is 1. The number of imidazole rings is 1. The van der Waals surface area contributed by atoms with Gasteiger partial charge in [-0.15, -0.1) is 0 Å². The maximum absolute atomic E-state index is 14.8. The molecule has 130 valence electrons. The molecule has 0 aliphatic carbocycles. The first-order chi connectivity index (χ1) is 11.7. The summed E-state index contributed by atoms with van der Waals surface area (Å²) in [4.78, 5) is 20.9. The Hall–Kier alpha value is -2.73. The summed E-state index contributed by atoms with van der Waals surface area (Å²) in [6, 6.07) is 8.25. The zero-order chi connectivity index (χ0) is 18.4. The fraction of sp³-hybridized carbons (Fsp3) is 0.263. The Labute approximate surface area is 145 Å². The summed E-state index contributed by atoms with van der Waals surface area (Å²) in [5, 5.41) is 10.5. The van der Waals surface area contributed by atoms with E-state index in [1.165, 1.54) is 24.8 Å². The van der Waals surface area contributed by atoms with E-state index in [0.29, 0.717) is 11.1 Å². The first-order valence-corrected chi connectivity index (χ1v) is 7.90. The maximum Gasteiger partial charge on any atom is 0.253 e. The molecule has 0 saturated carbocycles. The van der Waals surface area contributed by atoms with Crippen molar-refractivity contribution >= 4 is 16.9 Å². The molecule has 6 heteroatoms. The molecule has 1 heterocycles. The van der Waals surface area contributed by atoms with Gasteiger partial charge in [0, 0.05) is 25.2 Å². The van der Waals surface area contributed by atoms with Gasteiger partial charge in [0.25, 0.3) is 5.91 Å². The summed E-state index contributed by atoms with van der Waals surface area (Å²) in [5.74, 6) is -0.916. The third-order valence-corrected chi connectivity index (χ3v) is 4.09. The predicted molar refractivity (Wildman–Crippen MR) is 94.8 cm³/mol. The van der Waals surface area contributed by atoms with Gasteiger partial charge in [-0.05, 0) is 49.2 Å². The topological polar surface area (TPSA) is 69.2 Å². The Morgan fingerprint density at radius 1 is 1.24 bits per heavy atom. The molecular formula is C19H20FN3O2. The summed E-state index contributed by atoms with van der Waals surface area (Å²) in [5.41, 5.74) is 1.72. The Bertz CT molecular complexity index is 955. The van der Waals surface area contributed by atoms with Gasteiger partial charge in [0.05, 0.1) is 23.0 Å². The number of hydrogen-bond donors (Lipinski definition) is 2. The molecule has 5 nitrogen and oxygen atoms in total. The standard InChI is InChI=1S/C19H20FN3O2/c1-19(2,25)17-13(7-12(8-14(17)20)18(24)23(3)4)11-5-6-15-16(9-11)22-10-21-15/h5-10,25H,1-4H3,(H,21,22). The number of aromatic amines is 1. The molecule has 0 fully saturated rings. The lowest BCUT2D eigenvalue weighted by molar-refractivity contribution is 0.0746. The lowest BCUT2D eigenvalue weighted by Crippen LogP contribution is -2.24. The van der Waals surface area contributed by atoms with Crippen molar-refractivity contribution in [2.45, 2.75) is 19.4 Å². The number of H-pyrrole nitrogens is 1. The van der Waals surface area contributed by atoms with E-state index in [9.17, 15) is 14.3 Å². The number of hydrogen-bond acceptors (Lipinski definition) is 3. The van der Waals surface area contributed by atoms with Crippen LogP contribution in [0.2, 0.25) is 0 Å².